The molecule has 2 fully saturated rings. The summed E-state index contributed by atoms with van der Waals surface area (Å²) < 4.78 is 7.15. The maximum atomic E-state index is 12.2. The van der Waals surface area contributed by atoms with E-state index in [0.29, 0.717) is 17.8 Å². The van der Waals surface area contributed by atoms with Crippen molar-refractivity contribution in [3.8, 4) is 11.4 Å². The van der Waals surface area contributed by atoms with Crippen LogP contribution in [0.15, 0.2) is 30.6 Å². The fourth-order valence-corrected chi connectivity index (χ4v) is 3.64. The van der Waals surface area contributed by atoms with Crippen LogP contribution in [-0.4, -0.2) is 50.8 Å². The molecule has 0 saturated heterocycles. The molecule has 1 aromatic carbocycles. The van der Waals surface area contributed by atoms with Crippen LogP contribution in [0.5, 0.6) is 5.75 Å². The Morgan fingerprint density at radius 3 is 2.54 bits per heavy atom. The van der Waals surface area contributed by atoms with Gasteiger partial charge in [0, 0.05) is 18.1 Å². The summed E-state index contributed by atoms with van der Waals surface area (Å²) in [5.41, 5.74) is 0.835. The quantitative estimate of drug-likeness (QED) is 0.775. The lowest BCUT2D eigenvalue weighted by Gasteiger charge is -2.39. The largest absolute Gasteiger partial charge is 0.484 e. The molecule has 2 aliphatic carbocycles. The highest BCUT2D eigenvalue weighted by molar-refractivity contribution is 5.78. The maximum absolute atomic E-state index is 12.2. The van der Waals surface area contributed by atoms with Crippen LogP contribution in [0, 0.1) is 0 Å². The van der Waals surface area contributed by atoms with E-state index in [2.05, 4.69) is 26.2 Å². The number of benzene rings is 1. The Morgan fingerprint density at radius 1 is 1.12 bits per heavy atom. The lowest BCUT2D eigenvalue weighted by Crippen LogP contribution is -2.59. The van der Waals surface area contributed by atoms with E-state index in [-0.39, 0.29) is 18.6 Å². The van der Waals surface area contributed by atoms with Crippen LogP contribution in [0.2, 0.25) is 0 Å². The number of rotatable bonds is 7. The van der Waals surface area contributed by atoms with Gasteiger partial charge in [-0.05, 0) is 60.4 Å². The molecule has 4 rings (SSSR count). The predicted octanol–water partition coefficient (Wildman–Crippen LogP) is 1.22. The molecule has 2 atom stereocenters. The first-order chi connectivity index (χ1) is 12.8. The van der Waals surface area contributed by atoms with Gasteiger partial charge in [-0.15, -0.1) is 5.10 Å². The number of amides is 1. The van der Waals surface area contributed by atoms with E-state index in [9.17, 15) is 4.79 Å². The van der Waals surface area contributed by atoms with Gasteiger partial charge in [-0.1, -0.05) is 12.8 Å². The Hall–Kier alpha value is -2.48. The van der Waals surface area contributed by atoms with Crippen molar-refractivity contribution < 1.29 is 9.53 Å². The van der Waals surface area contributed by atoms with Gasteiger partial charge in [-0.3, -0.25) is 4.79 Å². The van der Waals surface area contributed by atoms with E-state index >= 15 is 0 Å². The molecular weight excluding hydrogens is 332 g/mol. The fraction of sp³-hybridized carbons (Fsp3) is 0.556. The van der Waals surface area contributed by atoms with Crippen molar-refractivity contribution in [1.29, 1.82) is 0 Å². The van der Waals surface area contributed by atoms with Crippen LogP contribution in [0.25, 0.3) is 5.69 Å². The molecule has 1 heterocycles. The van der Waals surface area contributed by atoms with Gasteiger partial charge < -0.3 is 15.4 Å². The van der Waals surface area contributed by atoms with Crippen LogP contribution < -0.4 is 15.4 Å². The summed E-state index contributed by atoms with van der Waals surface area (Å²) in [5.74, 6) is 0.573. The lowest BCUT2D eigenvalue weighted by atomic mass is 9.85. The molecule has 138 valence electrons. The number of aromatic nitrogens is 4. The van der Waals surface area contributed by atoms with Gasteiger partial charge >= 0.3 is 0 Å². The number of nitrogens with zero attached hydrogens (tertiary/aromatic N) is 4. The van der Waals surface area contributed by atoms with Gasteiger partial charge in [-0.2, -0.15) is 0 Å². The molecule has 2 saturated carbocycles. The predicted molar refractivity (Wildman–Crippen MR) is 95.0 cm³/mol. The zero-order chi connectivity index (χ0) is 17.8. The smallest absolute Gasteiger partial charge is 0.258 e. The topological polar surface area (TPSA) is 94.0 Å². The molecule has 2 aliphatic rings. The standard InChI is InChI=1S/C18H24N6O2/c25-18(21-17-10-9-16(17)20-13-3-1-2-4-13)11-26-15-7-5-14(6-8-15)24-12-19-22-23-24/h5-8,12-13,16-17,20H,1-4,9-11H2,(H,21,25)/t16-,17+/m1/s1. The van der Waals surface area contributed by atoms with Crippen molar-refractivity contribution in [1.82, 2.24) is 30.8 Å². The second-order valence-corrected chi connectivity index (χ2v) is 7.04. The summed E-state index contributed by atoms with van der Waals surface area (Å²) >= 11 is 0. The Labute approximate surface area is 152 Å². The molecule has 2 aromatic rings. The van der Waals surface area contributed by atoms with Gasteiger partial charge in [-0.25, -0.2) is 4.68 Å². The molecule has 8 nitrogen and oxygen atoms in total. The first kappa shape index (κ1) is 17.0. The third kappa shape index (κ3) is 4.01. The van der Waals surface area contributed by atoms with E-state index < -0.39 is 0 Å². The first-order valence-corrected chi connectivity index (χ1v) is 9.29. The van der Waals surface area contributed by atoms with E-state index in [4.69, 9.17) is 4.74 Å². The minimum atomic E-state index is -0.0718. The third-order valence-electron chi connectivity index (χ3n) is 5.25. The van der Waals surface area contributed by atoms with Crippen LogP contribution in [0.3, 0.4) is 0 Å². The molecule has 0 spiro atoms. The highest BCUT2D eigenvalue weighted by atomic mass is 16.5. The minimum absolute atomic E-state index is 0.0247. The summed E-state index contributed by atoms with van der Waals surface area (Å²) in [5, 5.41) is 17.8. The van der Waals surface area contributed by atoms with Crippen molar-refractivity contribution in [3.63, 3.8) is 0 Å². The lowest BCUT2D eigenvalue weighted by molar-refractivity contribution is -0.124. The number of tetrazole rings is 1. The molecule has 0 unspecified atom stereocenters. The second kappa shape index (κ2) is 7.82. The number of carbonyl (C=O) groups is 1. The average Bonchev–Trinajstić information content (AvgIpc) is 3.36. The molecule has 26 heavy (non-hydrogen) atoms. The molecule has 0 radical (unpaired) electrons. The van der Waals surface area contributed by atoms with Crippen molar-refractivity contribution >= 4 is 5.91 Å². The number of hydrogen-bond acceptors (Lipinski definition) is 6. The van der Waals surface area contributed by atoms with Crippen molar-refractivity contribution in [2.24, 2.45) is 0 Å². The van der Waals surface area contributed by atoms with Crippen molar-refractivity contribution in [2.45, 2.75) is 56.7 Å². The fourth-order valence-electron chi connectivity index (χ4n) is 3.64. The second-order valence-electron chi connectivity index (χ2n) is 7.04. The highest BCUT2D eigenvalue weighted by Crippen LogP contribution is 2.25. The summed E-state index contributed by atoms with van der Waals surface area (Å²) in [7, 11) is 0. The van der Waals surface area contributed by atoms with E-state index in [0.717, 1.165) is 18.5 Å². The number of carbonyl (C=O) groups excluding carboxylic acids is 1. The van der Waals surface area contributed by atoms with Gasteiger partial charge in [0.1, 0.15) is 12.1 Å². The van der Waals surface area contributed by atoms with Gasteiger partial charge in [0.2, 0.25) is 0 Å². The van der Waals surface area contributed by atoms with Crippen molar-refractivity contribution in [3.05, 3.63) is 30.6 Å². The SMILES string of the molecule is O=C(COc1ccc(-n2cnnn2)cc1)N[C@H]1CC[C@H]1NC1CCCC1. The summed E-state index contributed by atoms with van der Waals surface area (Å²) in [6.07, 6.45) is 8.88. The molecule has 2 N–H and O–H groups in total. The molecule has 8 heteroatoms. The highest BCUT2D eigenvalue weighted by Gasteiger charge is 2.33. The minimum Gasteiger partial charge on any atom is -0.484 e. The Kier molecular flexibility index (Phi) is 5.10. The molecule has 1 amide bonds. The average molecular weight is 356 g/mol. The number of ether oxygens (including phenoxy) is 1. The summed E-state index contributed by atoms with van der Waals surface area (Å²) in [6, 6.07) is 8.57. The van der Waals surface area contributed by atoms with Crippen molar-refractivity contribution in [2.75, 3.05) is 6.61 Å². The van der Waals surface area contributed by atoms with E-state index in [1.807, 2.05) is 12.1 Å². The zero-order valence-corrected chi connectivity index (χ0v) is 14.7. The van der Waals surface area contributed by atoms with Crippen LogP contribution in [-0.2, 0) is 4.79 Å². The van der Waals surface area contributed by atoms with Gasteiger partial charge in [0.05, 0.1) is 5.69 Å². The zero-order valence-electron chi connectivity index (χ0n) is 14.7. The maximum Gasteiger partial charge on any atom is 0.258 e. The van der Waals surface area contributed by atoms with Crippen LogP contribution >= 0.6 is 0 Å². The third-order valence-corrected chi connectivity index (χ3v) is 5.25. The van der Waals surface area contributed by atoms with Gasteiger partial charge in [0.25, 0.3) is 5.91 Å². The summed E-state index contributed by atoms with van der Waals surface area (Å²) in [6.45, 7) is 0.0247. The Balaban J connectivity index is 1.21. The van der Waals surface area contributed by atoms with Gasteiger partial charge in [0.15, 0.2) is 6.61 Å². The normalized spacial score (nSPS) is 22.8. The molecule has 1 aromatic heterocycles. The molecule has 0 aliphatic heterocycles. The number of nitrogens with one attached hydrogen (secondary N) is 2. The van der Waals surface area contributed by atoms with Crippen LogP contribution in [0.4, 0.5) is 0 Å². The molecule has 0 bridgehead atoms. The first-order valence-electron chi connectivity index (χ1n) is 9.29. The van der Waals surface area contributed by atoms with E-state index in [1.54, 1.807) is 16.8 Å². The summed E-state index contributed by atoms with van der Waals surface area (Å²) in [4.78, 5) is 12.2. The van der Waals surface area contributed by atoms with Crippen LogP contribution in [0.1, 0.15) is 38.5 Å². The molecular formula is C18H24N6O2. The Morgan fingerprint density at radius 2 is 1.88 bits per heavy atom. The monoisotopic (exact) mass is 356 g/mol. The Bertz CT molecular complexity index is 712. The number of hydrogen-bond donors (Lipinski definition) is 2. The van der Waals surface area contributed by atoms with E-state index in [1.165, 1.54) is 32.0 Å².